The van der Waals surface area contributed by atoms with Crippen molar-refractivity contribution in [3.63, 3.8) is 0 Å². The number of nitrogens with one attached hydrogen (secondary N) is 1. The molecule has 0 bridgehead atoms. The number of fused-ring (bicyclic) bond motifs is 1. The Morgan fingerprint density at radius 2 is 1.84 bits per heavy atom. The van der Waals surface area contributed by atoms with Crippen LogP contribution in [0.1, 0.15) is 39.6 Å². The Morgan fingerprint density at radius 3 is 2.42 bits per heavy atom. The second-order valence-corrected chi connectivity index (χ2v) is 11.4. The first-order valence-electron chi connectivity index (χ1n) is 6.83. The van der Waals surface area contributed by atoms with E-state index < -0.39 is 8.32 Å². The summed E-state index contributed by atoms with van der Waals surface area (Å²) in [6.45, 7) is 13.4. The van der Waals surface area contributed by atoms with E-state index in [1.54, 1.807) is 0 Å². The fourth-order valence-electron chi connectivity index (χ4n) is 1.84. The van der Waals surface area contributed by atoms with Gasteiger partial charge in [0.05, 0.1) is 11.0 Å². The number of para-hydroxylation sites is 2. The van der Waals surface area contributed by atoms with Crippen LogP contribution in [0.15, 0.2) is 24.3 Å². The number of benzene rings is 1. The topological polar surface area (TPSA) is 37.9 Å². The number of aromatic amines is 1. The number of hydrogen-bond acceptors (Lipinski definition) is 2. The van der Waals surface area contributed by atoms with Crippen molar-refractivity contribution in [3.05, 3.63) is 30.1 Å². The quantitative estimate of drug-likeness (QED) is 0.829. The number of rotatable bonds is 3. The van der Waals surface area contributed by atoms with Crippen LogP contribution in [-0.2, 0) is 4.43 Å². The average Bonchev–Trinajstić information content (AvgIpc) is 2.70. The van der Waals surface area contributed by atoms with Crippen LogP contribution in [0, 0.1) is 0 Å². The highest BCUT2D eigenvalue weighted by Crippen LogP contribution is 2.39. The lowest BCUT2D eigenvalue weighted by Gasteiger charge is -2.38. The van der Waals surface area contributed by atoms with Gasteiger partial charge in [-0.05, 0) is 37.2 Å². The molecule has 4 heteroatoms. The van der Waals surface area contributed by atoms with Crippen molar-refractivity contribution >= 4 is 19.4 Å². The minimum Gasteiger partial charge on any atom is -0.407 e. The Labute approximate surface area is 116 Å². The van der Waals surface area contributed by atoms with Crippen molar-refractivity contribution in [2.75, 3.05) is 0 Å². The Hall–Kier alpha value is -1.13. The van der Waals surface area contributed by atoms with Gasteiger partial charge >= 0.3 is 0 Å². The maximum atomic E-state index is 6.36. The van der Waals surface area contributed by atoms with E-state index >= 15 is 0 Å². The highest BCUT2D eigenvalue weighted by Gasteiger charge is 2.39. The first-order valence-corrected chi connectivity index (χ1v) is 9.74. The highest BCUT2D eigenvalue weighted by molar-refractivity contribution is 6.74. The summed E-state index contributed by atoms with van der Waals surface area (Å²) in [5.41, 5.74) is 2.08. The molecule has 104 valence electrons. The molecule has 0 spiro atoms. The molecule has 0 aliphatic heterocycles. The molecule has 2 aromatic rings. The van der Waals surface area contributed by atoms with Gasteiger partial charge in [0, 0.05) is 0 Å². The lowest BCUT2D eigenvalue weighted by Crippen LogP contribution is -2.41. The van der Waals surface area contributed by atoms with Crippen LogP contribution in [-0.4, -0.2) is 18.3 Å². The third-order valence-corrected chi connectivity index (χ3v) is 8.63. The van der Waals surface area contributed by atoms with Crippen molar-refractivity contribution in [2.24, 2.45) is 0 Å². The summed E-state index contributed by atoms with van der Waals surface area (Å²) in [6.07, 6.45) is 0.00768. The zero-order valence-electron chi connectivity index (χ0n) is 12.7. The molecule has 0 aliphatic rings. The lowest BCUT2D eigenvalue weighted by molar-refractivity contribution is 0.195. The molecule has 0 saturated carbocycles. The molecule has 19 heavy (non-hydrogen) atoms. The first kappa shape index (κ1) is 14.3. The smallest absolute Gasteiger partial charge is 0.193 e. The first-order chi connectivity index (χ1) is 8.71. The maximum absolute atomic E-state index is 6.36. The second-order valence-electron chi connectivity index (χ2n) is 6.66. The Morgan fingerprint density at radius 1 is 1.21 bits per heavy atom. The van der Waals surface area contributed by atoms with Gasteiger partial charge in [0.25, 0.3) is 0 Å². The lowest BCUT2D eigenvalue weighted by atomic mass is 10.2. The van der Waals surface area contributed by atoms with Gasteiger partial charge in [-0.2, -0.15) is 0 Å². The van der Waals surface area contributed by atoms with Gasteiger partial charge in [-0.1, -0.05) is 32.9 Å². The van der Waals surface area contributed by atoms with Gasteiger partial charge in [0.2, 0.25) is 0 Å². The summed E-state index contributed by atoms with van der Waals surface area (Å²) < 4.78 is 6.36. The van der Waals surface area contributed by atoms with Crippen molar-refractivity contribution in [1.29, 1.82) is 0 Å². The minimum absolute atomic E-state index is 0.00768. The zero-order valence-corrected chi connectivity index (χ0v) is 13.7. The van der Waals surface area contributed by atoms with E-state index in [1.165, 1.54) is 0 Å². The number of imidazole rings is 1. The monoisotopic (exact) mass is 276 g/mol. The number of aromatic nitrogens is 2. The molecule has 0 radical (unpaired) electrons. The number of hydrogen-bond donors (Lipinski definition) is 1. The zero-order chi connectivity index (χ0) is 14.3. The van der Waals surface area contributed by atoms with Gasteiger partial charge in [0.15, 0.2) is 8.32 Å². The van der Waals surface area contributed by atoms with Gasteiger partial charge in [0.1, 0.15) is 11.9 Å². The molecule has 1 heterocycles. The van der Waals surface area contributed by atoms with Crippen LogP contribution in [0.3, 0.4) is 0 Å². The molecule has 0 fully saturated rings. The van der Waals surface area contributed by atoms with Crippen molar-refractivity contribution in [1.82, 2.24) is 9.97 Å². The largest absolute Gasteiger partial charge is 0.407 e. The molecule has 0 amide bonds. The minimum atomic E-state index is -1.76. The predicted molar refractivity (Wildman–Crippen MR) is 82.8 cm³/mol. The SMILES string of the molecule is C[C@H](O[Si](C)(C)C(C)(C)C)c1nc2ccccc2[nH]1. The number of H-pyrrole nitrogens is 1. The van der Waals surface area contributed by atoms with E-state index in [-0.39, 0.29) is 11.1 Å². The highest BCUT2D eigenvalue weighted by atomic mass is 28.4. The summed E-state index contributed by atoms with van der Waals surface area (Å²) in [4.78, 5) is 7.98. The molecule has 1 aromatic heterocycles. The molecule has 1 aromatic carbocycles. The van der Waals surface area contributed by atoms with Crippen molar-refractivity contribution in [3.8, 4) is 0 Å². The normalized spacial score (nSPS) is 14.8. The molecule has 0 aliphatic carbocycles. The molecule has 2 rings (SSSR count). The van der Waals surface area contributed by atoms with Gasteiger partial charge < -0.3 is 9.41 Å². The molecule has 0 saturated heterocycles. The number of nitrogens with zero attached hydrogens (tertiary/aromatic N) is 1. The van der Waals surface area contributed by atoms with Crippen molar-refractivity contribution < 1.29 is 4.43 Å². The Balaban J connectivity index is 2.22. The van der Waals surface area contributed by atoms with Gasteiger partial charge in [-0.3, -0.25) is 0 Å². The Bertz CT molecular complexity index is 536. The van der Waals surface area contributed by atoms with Crippen LogP contribution in [0.25, 0.3) is 11.0 Å². The summed E-state index contributed by atoms with van der Waals surface area (Å²) in [6, 6.07) is 8.09. The molecule has 3 nitrogen and oxygen atoms in total. The van der Waals surface area contributed by atoms with E-state index in [9.17, 15) is 0 Å². The summed E-state index contributed by atoms with van der Waals surface area (Å²) >= 11 is 0. The summed E-state index contributed by atoms with van der Waals surface area (Å²) in [7, 11) is -1.76. The molecule has 1 atom stereocenters. The third kappa shape index (κ3) is 2.90. The summed E-state index contributed by atoms with van der Waals surface area (Å²) in [5.74, 6) is 0.922. The van der Waals surface area contributed by atoms with Crippen LogP contribution in [0.5, 0.6) is 0 Å². The molecule has 1 N–H and O–H groups in total. The van der Waals surface area contributed by atoms with Gasteiger partial charge in [-0.15, -0.1) is 0 Å². The maximum Gasteiger partial charge on any atom is 0.193 e. The summed E-state index contributed by atoms with van der Waals surface area (Å²) in [5, 5.41) is 0.216. The average molecular weight is 276 g/mol. The van der Waals surface area contributed by atoms with Crippen LogP contribution < -0.4 is 0 Å². The third-order valence-electron chi connectivity index (χ3n) is 4.07. The van der Waals surface area contributed by atoms with E-state index in [4.69, 9.17) is 4.43 Å². The predicted octanol–water partition coefficient (Wildman–Crippen LogP) is 4.65. The van der Waals surface area contributed by atoms with E-state index in [0.717, 1.165) is 16.9 Å². The van der Waals surface area contributed by atoms with Gasteiger partial charge in [-0.25, -0.2) is 4.98 Å². The molecular weight excluding hydrogens is 252 g/mol. The molecule has 0 unspecified atom stereocenters. The van der Waals surface area contributed by atoms with Crippen LogP contribution in [0.4, 0.5) is 0 Å². The van der Waals surface area contributed by atoms with E-state index in [0.29, 0.717) is 0 Å². The van der Waals surface area contributed by atoms with Crippen LogP contribution in [0.2, 0.25) is 18.1 Å². The van der Waals surface area contributed by atoms with Crippen molar-refractivity contribution in [2.45, 2.75) is 51.9 Å². The fraction of sp³-hybridized carbons (Fsp3) is 0.533. The fourth-order valence-corrected chi connectivity index (χ4v) is 3.19. The van der Waals surface area contributed by atoms with Crippen LogP contribution >= 0.6 is 0 Å². The Kier molecular flexibility index (Phi) is 3.58. The molecular formula is C15H24N2OSi. The standard InChI is InChI=1S/C15H24N2OSi/c1-11(18-19(5,6)15(2,3)4)14-16-12-9-7-8-10-13(12)17-14/h7-11H,1-6H3,(H,16,17)/t11-/m0/s1. The van der Waals surface area contributed by atoms with E-state index in [2.05, 4.69) is 50.8 Å². The van der Waals surface area contributed by atoms with E-state index in [1.807, 2.05) is 24.3 Å². The second kappa shape index (κ2) is 4.76.